The van der Waals surface area contributed by atoms with Gasteiger partial charge in [0.1, 0.15) is 5.82 Å². The van der Waals surface area contributed by atoms with E-state index in [1.54, 1.807) is 24.1 Å². The summed E-state index contributed by atoms with van der Waals surface area (Å²) >= 11 is 0. The molecule has 138 valence electrons. The molecule has 2 aromatic carbocycles. The standard InChI is InChI=1S/C20H21F3N2O/c1-24(12-15-6-9-17(22)18(23)11-15)20(26)19-3-2-10-25(19)13-14-4-7-16(21)8-5-14/h4-9,11,19H,2-3,10,12-13H2,1H3. The Hall–Kier alpha value is -2.34. The zero-order valence-electron chi connectivity index (χ0n) is 14.6. The number of hydrogen-bond acceptors (Lipinski definition) is 2. The minimum Gasteiger partial charge on any atom is -0.340 e. The minimum atomic E-state index is -0.915. The highest BCUT2D eigenvalue weighted by molar-refractivity contribution is 5.82. The van der Waals surface area contributed by atoms with E-state index < -0.39 is 11.6 Å². The van der Waals surface area contributed by atoms with Gasteiger partial charge in [-0.05, 0) is 54.8 Å². The molecular formula is C20H21F3N2O. The summed E-state index contributed by atoms with van der Waals surface area (Å²) < 4.78 is 39.4. The van der Waals surface area contributed by atoms with Crippen LogP contribution >= 0.6 is 0 Å². The van der Waals surface area contributed by atoms with Crippen molar-refractivity contribution in [2.75, 3.05) is 13.6 Å². The largest absolute Gasteiger partial charge is 0.340 e. The van der Waals surface area contributed by atoms with Crippen molar-refractivity contribution < 1.29 is 18.0 Å². The average Bonchev–Trinajstić information content (AvgIpc) is 3.07. The summed E-state index contributed by atoms with van der Waals surface area (Å²) in [6.07, 6.45) is 1.67. The molecule has 0 bridgehead atoms. The molecule has 6 heteroatoms. The lowest BCUT2D eigenvalue weighted by Crippen LogP contribution is -2.43. The van der Waals surface area contributed by atoms with Crippen molar-refractivity contribution in [2.24, 2.45) is 0 Å². The molecule has 1 atom stereocenters. The van der Waals surface area contributed by atoms with Gasteiger partial charge in [0.25, 0.3) is 0 Å². The second-order valence-corrected chi connectivity index (χ2v) is 6.70. The molecule has 0 N–H and O–H groups in total. The average molecular weight is 362 g/mol. The molecule has 1 amide bonds. The second-order valence-electron chi connectivity index (χ2n) is 6.70. The highest BCUT2D eigenvalue weighted by Crippen LogP contribution is 2.22. The topological polar surface area (TPSA) is 23.6 Å². The predicted molar refractivity (Wildman–Crippen MR) is 92.7 cm³/mol. The third-order valence-electron chi connectivity index (χ3n) is 4.73. The summed E-state index contributed by atoms with van der Waals surface area (Å²) in [5.41, 5.74) is 1.50. The van der Waals surface area contributed by atoms with E-state index in [0.29, 0.717) is 12.1 Å². The molecule has 1 fully saturated rings. The van der Waals surface area contributed by atoms with Crippen LogP contribution in [0.1, 0.15) is 24.0 Å². The lowest BCUT2D eigenvalue weighted by atomic mass is 10.1. The smallest absolute Gasteiger partial charge is 0.239 e. The molecular weight excluding hydrogens is 341 g/mol. The van der Waals surface area contributed by atoms with Crippen molar-refractivity contribution in [1.82, 2.24) is 9.80 Å². The van der Waals surface area contributed by atoms with Crippen molar-refractivity contribution in [3.63, 3.8) is 0 Å². The molecule has 26 heavy (non-hydrogen) atoms. The fourth-order valence-electron chi connectivity index (χ4n) is 3.36. The van der Waals surface area contributed by atoms with Crippen molar-refractivity contribution in [2.45, 2.75) is 32.0 Å². The van der Waals surface area contributed by atoms with E-state index in [9.17, 15) is 18.0 Å². The zero-order valence-corrected chi connectivity index (χ0v) is 14.6. The van der Waals surface area contributed by atoms with E-state index in [0.717, 1.165) is 37.1 Å². The van der Waals surface area contributed by atoms with Gasteiger partial charge in [-0.15, -0.1) is 0 Å². The Balaban J connectivity index is 1.64. The van der Waals surface area contributed by atoms with Crippen LogP contribution in [0.4, 0.5) is 13.2 Å². The van der Waals surface area contributed by atoms with Crippen LogP contribution < -0.4 is 0 Å². The third kappa shape index (κ3) is 4.25. The van der Waals surface area contributed by atoms with E-state index in [1.165, 1.54) is 18.2 Å². The van der Waals surface area contributed by atoms with Crippen LogP contribution in [0, 0.1) is 17.5 Å². The normalized spacial score (nSPS) is 17.5. The summed E-state index contributed by atoms with van der Waals surface area (Å²) in [6.45, 7) is 1.60. The molecule has 0 spiro atoms. The Bertz CT molecular complexity index is 779. The maximum absolute atomic E-state index is 13.4. The number of halogens is 3. The van der Waals surface area contributed by atoms with Crippen LogP contribution in [0.15, 0.2) is 42.5 Å². The van der Waals surface area contributed by atoms with Gasteiger partial charge in [-0.1, -0.05) is 18.2 Å². The van der Waals surface area contributed by atoms with Crippen LogP contribution in [0.3, 0.4) is 0 Å². The summed E-state index contributed by atoms with van der Waals surface area (Å²) in [7, 11) is 1.66. The van der Waals surface area contributed by atoms with Crippen LogP contribution in [-0.4, -0.2) is 35.3 Å². The SMILES string of the molecule is CN(Cc1ccc(F)c(F)c1)C(=O)C1CCCN1Cc1ccc(F)cc1. The fraction of sp³-hybridized carbons (Fsp3) is 0.350. The van der Waals surface area contributed by atoms with Crippen LogP contribution in [0.25, 0.3) is 0 Å². The summed E-state index contributed by atoms with van der Waals surface area (Å²) in [5.74, 6) is -2.14. The Morgan fingerprint density at radius 1 is 1.08 bits per heavy atom. The van der Waals surface area contributed by atoms with Gasteiger partial charge in [0.15, 0.2) is 11.6 Å². The number of carbonyl (C=O) groups excluding carboxylic acids is 1. The minimum absolute atomic E-state index is 0.0469. The molecule has 1 unspecified atom stereocenters. The van der Waals surface area contributed by atoms with E-state index in [1.807, 2.05) is 0 Å². The molecule has 3 rings (SSSR count). The number of hydrogen-bond donors (Lipinski definition) is 0. The number of benzene rings is 2. The van der Waals surface area contributed by atoms with Gasteiger partial charge in [-0.25, -0.2) is 13.2 Å². The van der Waals surface area contributed by atoms with Crippen molar-refractivity contribution in [3.8, 4) is 0 Å². The number of likely N-dealkylation sites (tertiary alicyclic amines) is 1. The number of amides is 1. The molecule has 0 radical (unpaired) electrons. The highest BCUT2D eigenvalue weighted by Gasteiger charge is 2.32. The fourth-order valence-corrected chi connectivity index (χ4v) is 3.36. The molecule has 0 aromatic heterocycles. The zero-order chi connectivity index (χ0) is 18.7. The van der Waals surface area contributed by atoms with Gasteiger partial charge < -0.3 is 4.90 Å². The van der Waals surface area contributed by atoms with E-state index in [-0.39, 0.29) is 24.3 Å². The third-order valence-corrected chi connectivity index (χ3v) is 4.73. The predicted octanol–water partition coefficient (Wildman–Crippen LogP) is 3.73. The second kappa shape index (κ2) is 7.91. The Morgan fingerprint density at radius 2 is 1.77 bits per heavy atom. The first-order valence-electron chi connectivity index (χ1n) is 8.61. The maximum atomic E-state index is 13.4. The van der Waals surface area contributed by atoms with Gasteiger partial charge in [-0.3, -0.25) is 9.69 Å². The molecule has 1 saturated heterocycles. The summed E-state index contributed by atoms with van der Waals surface area (Å²) in [6, 6.07) is 9.68. The van der Waals surface area contributed by atoms with Crippen LogP contribution in [0.5, 0.6) is 0 Å². The van der Waals surface area contributed by atoms with Crippen molar-refractivity contribution in [3.05, 3.63) is 71.0 Å². The van der Waals surface area contributed by atoms with E-state index >= 15 is 0 Å². The van der Waals surface area contributed by atoms with Gasteiger partial charge in [0.2, 0.25) is 5.91 Å². The number of carbonyl (C=O) groups is 1. The first kappa shape index (κ1) is 18.5. The molecule has 3 nitrogen and oxygen atoms in total. The van der Waals surface area contributed by atoms with E-state index in [2.05, 4.69) is 4.90 Å². The maximum Gasteiger partial charge on any atom is 0.239 e. The molecule has 2 aromatic rings. The molecule has 1 aliphatic heterocycles. The molecule has 1 heterocycles. The van der Waals surface area contributed by atoms with Crippen molar-refractivity contribution >= 4 is 5.91 Å². The van der Waals surface area contributed by atoms with Gasteiger partial charge in [0.05, 0.1) is 6.04 Å². The van der Waals surface area contributed by atoms with Gasteiger partial charge in [-0.2, -0.15) is 0 Å². The van der Waals surface area contributed by atoms with Crippen molar-refractivity contribution in [1.29, 1.82) is 0 Å². The monoisotopic (exact) mass is 362 g/mol. The lowest BCUT2D eigenvalue weighted by molar-refractivity contribution is -0.135. The van der Waals surface area contributed by atoms with Gasteiger partial charge in [0, 0.05) is 20.1 Å². The first-order chi connectivity index (χ1) is 12.4. The quantitative estimate of drug-likeness (QED) is 0.809. The van der Waals surface area contributed by atoms with E-state index in [4.69, 9.17) is 0 Å². The Labute approximate surface area is 151 Å². The molecule has 0 saturated carbocycles. The number of rotatable bonds is 5. The number of nitrogens with zero attached hydrogens (tertiary/aromatic N) is 2. The van der Waals surface area contributed by atoms with Crippen LogP contribution in [-0.2, 0) is 17.9 Å². The molecule has 0 aliphatic carbocycles. The first-order valence-corrected chi connectivity index (χ1v) is 8.61. The Kier molecular flexibility index (Phi) is 5.61. The lowest BCUT2D eigenvalue weighted by Gasteiger charge is -2.28. The van der Waals surface area contributed by atoms with Crippen LogP contribution in [0.2, 0.25) is 0 Å². The van der Waals surface area contributed by atoms with Gasteiger partial charge >= 0.3 is 0 Å². The summed E-state index contributed by atoms with van der Waals surface area (Å²) in [4.78, 5) is 16.4. The Morgan fingerprint density at radius 3 is 2.46 bits per heavy atom. The number of likely N-dealkylation sites (N-methyl/N-ethyl adjacent to an activating group) is 1. The summed E-state index contributed by atoms with van der Waals surface area (Å²) in [5, 5.41) is 0. The highest BCUT2D eigenvalue weighted by atomic mass is 19.2. The molecule has 1 aliphatic rings.